The zero-order valence-electron chi connectivity index (χ0n) is 7.25. The lowest BCUT2D eigenvalue weighted by atomic mass is 13.1. The van der Waals surface area contributed by atoms with Crippen LogP contribution < -0.4 is 0 Å². The van der Waals surface area contributed by atoms with Crippen LogP contribution in [-0.4, -0.2) is 48.4 Å². The first-order valence-corrected chi connectivity index (χ1v) is 3.79. The van der Waals surface area contributed by atoms with Gasteiger partial charge in [-0.25, -0.2) is 0 Å². The number of hydrogen-bond donors (Lipinski definition) is 5. The Kier molecular flexibility index (Phi) is 19.0. The van der Waals surface area contributed by atoms with Gasteiger partial charge in [-0.1, -0.05) is 0 Å². The zero-order valence-corrected chi connectivity index (χ0v) is 8.07. The first kappa shape index (κ1) is 24.0. The molecule has 0 aromatic carbocycles. The average molecular weight is 287 g/mol. The molecule has 5 N–H and O–H groups in total. The van der Waals surface area contributed by atoms with Gasteiger partial charge in [-0.2, -0.15) is 8.42 Å². The van der Waals surface area contributed by atoms with Crippen LogP contribution in [0.3, 0.4) is 0 Å². The summed E-state index contributed by atoms with van der Waals surface area (Å²) in [6.45, 7) is 0. The second kappa shape index (κ2) is 13.5. The predicted octanol–water partition coefficient (Wildman–Crippen LogP) is -1.70. The molecule has 0 spiro atoms. The van der Waals surface area contributed by atoms with Gasteiger partial charge in [0.1, 0.15) is 0 Å². The van der Waals surface area contributed by atoms with Crippen molar-refractivity contribution in [2.24, 2.45) is 0 Å². The lowest BCUT2D eigenvalue weighted by molar-refractivity contribution is -0.742. The Bertz CT molecular complexity index is 263. The molecule has 16 nitrogen and oxygen atoms in total. The van der Waals surface area contributed by atoms with Gasteiger partial charge >= 0.3 is 10.4 Å². The third kappa shape index (κ3) is 277. The van der Waals surface area contributed by atoms with Crippen molar-refractivity contribution in [1.29, 1.82) is 0 Å². The SMILES string of the molecule is O=S(=O)(O)O.O=[N+]([O-])O.O=[N+]([O-])O.O=[N+]([O-])O. The highest BCUT2D eigenvalue weighted by Gasteiger charge is 1.84. The van der Waals surface area contributed by atoms with Crippen molar-refractivity contribution in [2.45, 2.75) is 0 Å². The van der Waals surface area contributed by atoms with Crippen LogP contribution in [-0.2, 0) is 10.4 Å². The van der Waals surface area contributed by atoms with Crippen molar-refractivity contribution in [3.8, 4) is 0 Å². The van der Waals surface area contributed by atoms with Crippen LogP contribution in [0.2, 0.25) is 0 Å². The summed E-state index contributed by atoms with van der Waals surface area (Å²) in [5, 5.41) is 40.9. The molecule has 17 heteroatoms. The maximum atomic E-state index is 8.74. The van der Waals surface area contributed by atoms with Crippen molar-refractivity contribution < 1.29 is 48.4 Å². The summed E-state index contributed by atoms with van der Waals surface area (Å²) in [6, 6.07) is 0. The molecular weight excluding hydrogens is 282 g/mol. The average Bonchev–Trinajstić information content (AvgIpc) is 1.73. The second-order valence-electron chi connectivity index (χ2n) is 1.16. The van der Waals surface area contributed by atoms with Crippen LogP contribution in [0.1, 0.15) is 0 Å². The fourth-order valence-electron chi connectivity index (χ4n) is 0. The molecule has 0 atom stereocenters. The minimum atomic E-state index is -4.67. The van der Waals surface area contributed by atoms with E-state index in [1.807, 2.05) is 0 Å². The second-order valence-corrected chi connectivity index (χ2v) is 2.06. The van der Waals surface area contributed by atoms with Crippen molar-refractivity contribution in [2.75, 3.05) is 0 Å². The largest absolute Gasteiger partial charge is 0.394 e. The lowest BCUT2D eigenvalue weighted by Gasteiger charge is -1.68. The van der Waals surface area contributed by atoms with Crippen LogP contribution >= 0.6 is 0 Å². The predicted molar refractivity (Wildman–Crippen MR) is 40.5 cm³/mol. The van der Waals surface area contributed by atoms with E-state index < -0.39 is 25.7 Å². The van der Waals surface area contributed by atoms with E-state index >= 15 is 0 Å². The Morgan fingerprint density at radius 1 is 0.706 bits per heavy atom. The maximum Gasteiger partial charge on any atom is 0.394 e. The van der Waals surface area contributed by atoms with Crippen molar-refractivity contribution >= 4 is 10.4 Å². The Labute approximate surface area is 90.2 Å². The summed E-state index contributed by atoms with van der Waals surface area (Å²) < 4.78 is 31.6. The van der Waals surface area contributed by atoms with Gasteiger partial charge in [0.25, 0.3) is 15.3 Å². The monoisotopic (exact) mass is 287 g/mol. The van der Waals surface area contributed by atoms with Crippen LogP contribution in [0.15, 0.2) is 0 Å². The molecular formula is H5N3O13S. The topological polar surface area (TPSA) is 265 Å². The van der Waals surface area contributed by atoms with E-state index in [9.17, 15) is 0 Å². The highest BCUT2D eigenvalue weighted by Crippen LogP contribution is 1.59. The highest BCUT2D eigenvalue weighted by molar-refractivity contribution is 7.79. The quantitative estimate of drug-likeness (QED) is 0.189. The van der Waals surface area contributed by atoms with E-state index in [0.29, 0.717) is 0 Å². The van der Waals surface area contributed by atoms with Gasteiger partial charge in [-0.15, -0.1) is 30.3 Å². The van der Waals surface area contributed by atoms with E-state index in [-0.39, 0.29) is 0 Å². The fraction of sp³-hybridized carbons (Fsp3) is 0. The zero-order chi connectivity index (χ0) is 15.2. The molecule has 0 fully saturated rings. The van der Waals surface area contributed by atoms with E-state index in [2.05, 4.69) is 0 Å². The molecule has 0 unspecified atom stereocenters. The van der Waals surface area contributed by atoms with Crippen LogP contribution in [0, 0.1) is 30.3 Å². The molecule has 0 aromatic rings. The van der Waals surface area contributed by atoms with Crippen LogP contribution in [0.5, 0.6) is 0 Å². The number of nitrogens with zero attached hydrogens (tertiary/aromatic N) is 3. The first-order chi connectivity index (χ1) is 7.20. The molecule has 0 radical (unpaired) electrons. The molecule has 104 valence electrons. The molecule has 0 saturated carbocycles. The molecule has 0 rings (SSSR count). The summed E-state index contributed by atoms with van der Waals surface area (Å²) in [5.41, 5.74) is 0. The van der Waals surface area contributed by atoms with E-state index in [0.717, 1.165) is 0 Å². The summed E-state index contributed by atoms with van der Waals surface area (Å²) >= 11 is 0. The van der Waals surface area contributed by atoms with E-state index in [1.54, 1.807) is 0 Å². The van der Waals surface area contributed by atoms with Crippen LogP contribution in [0.25, 0.3) is 0 Å². The summed E-state index contributed by atoms with van der Waals surface area (Å²) in [6.07, 6.45) is 0. The van der Waals surface area contributed by atoms with Gasteiger partial charge in [0.15, 0.2) is 0 Å². The Morgan fingerprint density at radius 2 is 0.706 bits per heavy atom. The molecule has 0 aliphatic rings. The smallest absolute Gasteiger partial charge is 0.328 e. The molecule has 0 saturated heterocycles. The maximum absolute atomic E-state index is 8.74. The minimum Gasteiger partial charge on any atom is -0.328 e. The molecule has 0 heterocycles. The van der Waals surface area contributed by atoms with Crippen molar-refractivity contribution in [3.63, 3.8) is 0 Å². The third-order valence-corrected chi connectivity index (χ3v) is 0. The molecule has 0 aliphatic carbocycles. The molecule has 0 aromatic heterocycles. The highest BCUT2D eigenvalue weighted by atomic mass is 32.3. The van der Waals surface area contributed by atoms with E-state index in [4.69, 9.17) is 63.5 Å². The fourth-order valence-corrected chi connectivity index (χ4v) is 0. The normalized spacial score (nSPS) is 7.65. The first-order valence-electron chi connectivity index (χ1n) is 2.39. The van der Waals surface area contributed by atoms with E-state index in [1.165, 1.54) is 0 Å². The van der Waals surface area contributed by atoms with Crippen molar-refractivity contribution in [3.05, 3.63) is 30.3 Å². The van der Waals surface area contributed by atoms with Gasteiger partial charge in [0, 0.05) is 0 Å². The summed E-state index contributed by atoms with van der Waals surface area (Å²) in [7, 11) is -4.67. The van der Waals surface area contributed by atoms with Gasteiger partial charge in [-0.3, -0.25) is 9.11 Å². The van der Waals surface area contributed by atoms with Gasteiger partial charge < -0.3 is 15.6 Å². The van der Waals surface area contributed by atoms with Gasteiger partial charge in [0.05, 0.1) is 0 Å². The van der Waals surface area contributed by atoms with Gasteiger partial charge in [-0.05, 0) is 0 Å². The Morgan fingerprint density at radius 3 is 0.706 bits per heavy atom. The van der Waals surface area contributed by atoms with Crippen molar-refractivity contribution in [1.82, 2.24) is 0 Å². The standard InChI is InChI=1S/3HNO3.H2O4S/c3*2-1(3)4;1-5(2,3)4/h3*(H,2,3,4);(H2,1,2,3,4). The third-order valence-electron chi connectivity index (χ3n) is 0. The molecule has 0 aliphatic heterocycles. The lowest BCUT2D eigenvalue weighted by Crippen LogP contribution is -1.89. The number of hydrogen-bond acceptors (Lipinski definition) is 8. The summed E-state index contributed by atoms with van der Waals surface area (Å²) in [4.78, 5) is 25.1. The molecule has 0 amide bonds. The Balaban J connectivity index is -0.0000000667. The van der Waals surface area contributed by atoms with Crippen LogP contribution in [0.4, 0.5) is 0 Å². The minimum absolute atomic E-state index is 1.50. The van der Waals surface area contributed by atoms with Gasteiger partial charge in [0.2, 0.25) is 0 Å². The molecule has 0 bridgehead atoms. The Hall–Kier alpha value is -2.53. The molecule has 17 heavy (non-hydrogen) atoms. The number of rotatable bonds is 0. The summed E-state index contributed by atoms with van der Waals surface area (Å²) in [5.74, 6) is 0.